The molecule has 1 aliphatic rings. The maximum absolute atomic E-state index is 13.2. The first-order chi connectivity index (χ1) is 16.3. The minimum atomic E-state index is -0.718. The molecule has 0 saturated heterocycles. The Hall–Kier alpha value is -3.97. The van der Waals surface area contributed by atoms with Crippen molar-refractivity contribution in [2.75, 3.05) is 10.2 Å². The van der Waals surface area contributed by atoms with Crippen LogP contribution in [-0.4, -0.2) is 17.8 Å². The number of amides is 2. The normalized spacial score (nSPS) is 13.6. The number of hydrogen-bond donors (Lipinski definition) is 1. The van der Waals surface area contributed by atoms with Gasteiger partial charge < -0.3 is 10.1 Å². The van der Waals surface area contributed by atoms with Crippen molar-refractivity contribution in [2.24, 2.45) is 0 Å². The second-order valence-electron chi connectivity index (χ2n) is 7.90. The van der Waals surface area contributed by atoms with E-state index in [-0.39, 0.29) is 22.3 Å². The molecule has 0 fully saturated rings. The lowest BCUT2D eigenvalue weighted by Crippen LogP contribution is -2.32. The van der Waals surface area contributed by atoms with Crippen LogP contribution in [0.15, 0.2) is 83.5 Å². The maximum Gasteiger partial charge on any atom is 0.343 e. The highest BCUT2D eigenvalue weighted by atomic mass is 35.5. The summed E-state index contributed by atoms with van der Waals surface area (Å²) in [6.07, 6.45) is 0. The van der Waals surface area contributed by atoms with E-state index in [2.05, 4.69) is 5.32 Å². The van der Waals surface area contributed by atoms with E-state index >= 15 is 0 Å². The van der Waals surface area contributed by atoms with Gasteiger partial charge in [-0.3, -0.25) is 9.59 Å². The molecule has 1 heterocycles. The van der Waals surface area contributed by atoms with E-state index in [0.29, 0.717) is 17.0 Å². The van der Waals surface area contributed by atoms with Crippen molar-refractivity contribution in [1.29, 1.82) is 0 Å². The number of nitrogens with zero attached hydrogens (tertiary/aromatic N) is 1. The molecular formula is C26H20ClFN2O4. The molecule has 172 valence electrons. The van der Waals surface area contributed by atoms with Crippen LogP contribution in [0.4, 0.5) is 15.8 Å². The SMILES string of the molecule is CC(C)c1ccccc1OC(=O)c1ccc(NC2=C(Cl)C(=O)N(c3ccc(F)cc3)C2=O)cc1. The van der Waals surface area contributed by atoms with Crippen LogP contribution in [0.1, 0.15) is 35.7 Å². The van der Waals surface area contributed by atoms with E-state index in [1.165, 1.54) is 24.3 Å². The van der Waals surface area contributed by atoms with Gasteiger partial charge in [-0.05, 0) is 66.1 Å². The van der Waals surface area contributed by atoms with Crippen molar-refractivity contribution in [3.8, 4) is 5.75 Å². The minimum absolute atomic E-state index is 0.114. The molecule has 4 rings (SSSR count). The molecule has 3 aromatic carbocycles. The third-order valence-corrected chi connectivity index (χ3v) is 5.60. The van der Waals surface area contributed by atoms with Crippen molar-refractivity contribution in [1.82, 2.24) is 0 Å². The lowest BCUT2D eigenvalue weighted by atomic mass is 10.0. The first kappa shape index (κ1) is 23.2. The number of imide groups is 1. The molecule has 8 heteroatoms. The first-order valence-electron chi connectivity index (χ1n) is 10.5. The lowest BCUT2D eigenvalue weighted by molar-refractivity contribution is -0.120. The molecule has 0 atom stereocenters. The smallest absolute Gasteiger partial charge is 0.343 e. The molecule has 0 spiro atoms. The number of anilines is 2. The van der Waals surface area contributed by atoms with E-state index in [1.54, 1.807) is 24.3 Å². The largest absolute Gasteiger partial charge is 0.423 e. The van der Waals surface area contributed by atoms with E-state index in [9.17, 15) is 18.8 Å². The van der Waals surface area contributed by atoms with Crippen molar-refractivity contribution in [2.45, 2.75) is 19.8 Å². The molecule has 0 aliphatic carbocycles. The molecule has 0 radical (unpaired) electrons. The number of esters is 1. The zero-order chi connectivity index (χ0) is 24.4. The zero-order valence-electron chi connectivity index (χ0n) is 18.3. The number of ether oxygens (including phenoxy) is 1. The highest BCUT2D eigenvalue weighted by Gasteiger charge is 2.39. The minimum Gasteiger partial charge on any atom is -0.423 e. The summed E-state index contributed by atoms with van der Waals surface area (Å²) < 4.78 is 18.8. The molecule has 1 aliphatic heterocycles. The Kier molecular flexibility index (Phi) is 6.47. The van der Waals surface area contributed by atoms with Crippen molar-refractivity contribution < 1.29 is 23.5 Å². The number of nitrogens with one attached hydrogen (secondary N) is 1. The third-order valence-electron chi connectivity index (χ3n) is 5.25. The Bertz CT molecular complexity index is 1300. The Morgan fingerprint density at radius 1 is 0.941 bits per heavy atom. The molecule has 1 N–H and O–H groups in total. The van der Waals surface area contributed by atoms with Crippen LogP contribution in [0.2, 0.25) is 0 Å². The van der Waals surface area contributed by atoms with E-state index in [4.69, 9.17) is 16.3 Å². The Labute approximate surface area is 200 Å². The quantitative estimate of drug-likeness (QED) is 0.283. The Morgan fingerprint density at radius 3 is 2.24 bits per heavy atom. The average molecular weight is 479 g/mol. The fraction of sp³-hybridized carbons (Fsp3) is 0.115. The summed E-state index contributed by atoms with van der Waals surface area (Å²) in [4.78, 5) is 38.8. The van der Waals surface area contributed by atoms with Crippen LogP contribution in [0.3, 0.4) is 0 Å². The van der Waals surface area contributed by atoms with Crippen LogP contribution < -0.4 is 15.0 Å². The van der Waals surface area contributed by atoms with E-state index in [0.717, 1.165) is 22.6 Å². The molecular weight excluding hydrogens is 459 g/mol. The lowest BCUT2D eigenvalue weighted by Gasteiger charge is -2.15. The van der Waals surface area contributed by atoms with Crippen molar-refractivity contribution in [3.05, 3.63) is 100 Å². The van der Waals surface area contributed by atoms with Gasteiger partial charge in [-0.15, -0.1) is 0 Å². The summed E-state index contributed by atoms with van der Waals surface area (Å²) >= 11 is 6.12. The average Bonchev–Trinajstić information content (AvgIpc) is 3.03. The number of hydrogen-bond acceptors (Lipinski definition) is 5. The number of rotatable bonds is 6. The van der Waals surface area contributed by atoms with Gasteiger partial charge in [-0.25, -0.2) is 14.1 Å². The topological polar surface area (TPSA) is 75.7 Å². The van der Waals surface area contributed by atoms with Crippen molar-refractivity contribution in [3.63, 3.8) is 0 Å². The van der Waals surface area contributed by atoms with Gasteiger partial charge in [0.1, 0.15) is 22.3 Å². The predicted octanol–water partition coefficient (Wildman–Crippen LogP) is 5.60. The van der Waals surface area contributed by atoms with Crippen LogP contribution in [0.5, 0.6) is 5.75 Å². The van der Waals surface area contributed by atoms with Gasteiger partial charge in [0.2, 0.25) is 0 Å². The summed E-state index contributed by atoms with van der Waals surface area (Å²) in [7, 11) is 0. The molecule has 6 nitrogen and oxygen atoms in total. The number of para-hydroxylation sites is 1. The highest BCUT2D eigenvalue weighted by Crippen LogP contribution is 2.31. The Balaban J connectivity index is 1.48. The van der Waals surface area contributed by atoms with Crippen LogP contribution in [0, 0.1) is 5.82 Å². The summed E-state index contributed by atoms with van der Waals surface area (Å²) in [6.45, 7) is 4.03. The highest BCUT2D eigenvalue weighted by molar-refractivity contribution is 6.53. The number of carbonyl (C=O) groups excluding carboxylic acids is 3. The molecule has 3 aromatic rings. The second-order valence-corrected chi connectivity index (χ2v) is 8.27. The van der Waals surface area contributed by atoms with Gasteiger partial charge in [-0.1, -0.05) is 43.6 Å². The number of benzene rings is 3. The summed E-state index contributed by atoms with van der Waals surface area (Å²) in [5.74, 6) is -1.72. The first-order valence-corrected chi connectivity index (χ1v) is 10.9. The van der Waals surface area contributed by atoms with Gasteiger partial charge in [0.05, 0.1) is 11.3 Å². The van der Waals surface area contributed by atoms with Gasteiger partial charge >= 0.3 is 5.97 Å². The van der Waals surface area contributed by atoms with Crippen LogP contribution >= 0.6 is 11.6 Å². The molecule has 2 amide bonds. The summed E-state index contributed by atoms with van der Waals surface area (Å²) in [5, 5.41) is 2.54. The van der Waals surface area contributed by atoms with Gasteiger partial charge in [0, 0.05) is 5.69 Å². The van der Waals surface area contributed by atoms with Gasteiger partial charge in [-0.2, -0.15) is 0 Å². The molecule has 0 unspecified atom stereocenters. The molecule has 34 heavy (non-hydrogen) atoms. The number of carbonyl (C=O) groups is 3. The van der Waals surface area contributed by atoms with E-state index < -0.39 is 23.6 Å². The summed E-state index contributed by atoms with van der Waals surface area (Å²) in [5.41, 5.74) is 1.76. The molecule has 0 aromatic heterocycles. The second kappa shape index (κ2) is 9.49. The van der Waals surface area contributed by atoms with Crippen LogP contribution in [0.25, 0.3) is 0 Å². The number of halogens is 2. The fourth-order valence-electron chi connectivity index (χ4n) is 3.48. The maximum atomic E-state index is 13.2. The predicted molar refractivity (Wildman–Crippen MR) is 127 cm³/mol. The standard InChI is InChI=1S/C26H20ClFN2O4/c1-15(2)20-5-3-4-6-21(20)34-26(33)16-7-11-18(12-8-16)29-23-22(27)24(31)30(25(23)32)19-13-9-17(28)10-14-19/h3-15,29H,1-2H3. The summed E-state index contributed by atoms with van der Waals surface area (Å²) in [6, 6.07) is 18.5. The fourth-order valence-corrected chi connectivity index (χ4v) is 3.69. The van der Waals surface area contributed by atoms with Crippen molar-refractivity contribution >= 4 is 40.8 Å². The molecule has 0 saturated carbocycles. The molecule has 0 bridgehead atoms. The monoisotopic (exact) mass is 478 g/mol. The van der Waals surface area contributed by atoms with Gasteiger partial charge in [0.15, 0.2) is 0 Å². The van der Waals surface area contributed by atoms with Crippen LogP contribution in [-0.2, 0) is 9.59 Å². The third kappa shape index (κ3) is 4.56. The van der Waals surface area contributed by atoms with E-state index in [1.807, 2.05) is 26.0 Å². The van der Waals surface area contributed by atoms with Gasteiger partial charge in [0.25, 0.3) is 11.8 Å². The Morgan fingerprint density at radius 2 is 1.59 bits per heavy atom. The zero-order valence-corrected chi connectivity index (χ0v) is 19.1.